The largest absolute Gasteiger partial charge is 0.385 e. The van der Waals surface area contributed by atoms with Crippen LogP contribution in [0.2, 0.25) is 0 Å². The summed E-state index contributed by atoms with van der Waals surface area (Å²) in [7, 11) is 0. The Labute approximate surface area is 98.0 Å². The number of carbonyl (C=O) groups is 1. The van der Waals surface area contributed by atoms with Crippen LogP contribution in [-0.2, 0) is 4.79 Å². The van der Waals surface area contributed by atoms with Gasteiger partial charge in [0.1, 0.15) is 6.10 Å². The van der Waals surface area contributed by atoms with Crippen LogP contribution in [0.4, 0.5) is 8.78 Å². The van der Waals surface area contributed by atoms with Crippen LogP contribution in [0.3, 0.4) is 0 Å². The van der Waals surface area contributed by atoms with E-state index in [1.165, 1.54) is 0 Å². The number of halogens is 2. The maximum absolute atomic E-state index is 11.9. The number of alkyl halides is 2. The van der Waals surface area contributed by atoms with Gasteiger partial charge in [-0.05, 0) is 30.3 Å². The number of hydrogen-bond acceptors (Lipinski definition) is 3. The SMILES string of the molecule is O=C(CC1CCSCC1)NCC(O)C(F)F. The lowest BCUT2D eigenvalue weighted by atomic mass is 9.98. The summed E-state index contributed by atoms with van der Waals surface area (Å²) in [5, 5.41) is 11.1. The standard InChI is InChI=1S/C10H17F2NO2S/c11-10(12)8(14)6-13-9(15)5-7-1-3-16-4-2-7/h7-8,10,14H,1-6H2,(H,13,15). The first kappa shape index (κ1) is 13.7. The van der Waals surface area contributed by atoms with Gasteiger partial charge in [-0.2, -0.15) is 11.8 Å². The molecule has 16 heavy (non-hydrogen) atoms. The lowest BCUT2D eigenvalue weighted by Crippen LogP contribution is -2.36. The Bertz CT molecular complexity index is 223. The molecule has 0 aromatic heterocycles. The lowest BCUT2D eigenvalue weighted by molar-refractivity contribution is -0.123. The molecule has 1 atom stereocenters. The predicted molar refractivity (Wildman–Crippen MR) is 59.7 cm³/mol. The molecule has 0 aromatic carbocycles. The highest BCUT2D eigenvalue weighted by atomic mass is 32.2. The second kappa shape index (κ2) is 7.06. The molecule has 3 nitrogen and oxygen atoms in total. The van der Waals surface area contributed by atoms with Gasteiger partial charge in [0.2, 0.25) is 5.91 Å². The summed E-state index contributed by atoms with van der Waals surface area (Å²) < 4.78 is 23.9. The smallest absolute Gasteiger partial charge is 0.265 e. The number of aliphatic hydroxyl groups excluding tert-OH is 1. The van der Waals surface area contributed by atoms with E-state index in [1.54, 1.807) is 0 Å². The predicted octanol–water partition coefficient (Wildman–Crippen LogP) is 1.26. The minimum absolute atomic E-state index is 0.239. The number of nitrogens with one attached hydrogen (secondary N) is 1. The van der Waals surface area contributed by atoms with Crippen molar-refractivity contribution in [2.45, 2.75) is 31.8 Å². The number of hydrogen-bond donors (Lipinski definition) is 2. The highest BCUT2D eigenvalue weighted by Crippen LogP contribution is 2.24. The Morgan fingerprint density at radius 1 is 1.44 bits per heavy atom. The molecule has 0 radical (unpaired) electrons. The molecule has 1 unspecified atom stereocenters. The van der Waals surface area contributed by atoms with Crippen LogP contribution in [-0.4, -0.2) is 41.6 Å². The summed E-state index contributed by atoms with van der Waals surface area (Å²) in [5.41, 5.74) is 0. The maximum atomic E-state index is 11.9. The van der Waals surface area contributed by atoms with Gasteiger partial charge < -0.3 is 10.4 Å². The van der Waals surface area contributed by atoms with Gasteiger partial charge in [0.25, 0.3) is 6.43 Å². The van der Waals surface area contributed by atoms with Gasteiger partial charge in [-0.15, -0.1) is 0 Å². The normalized spacial score (nSPS) is 19.8. The summed E-state index contributed by atoms with van der Waals surface area (Å²) in [5.74, 6) is 2.26. The number of aliphatic hydroxyl groups is 1. The van der Waals surface area contributed by atoms with E-state index in [1.807, 2.05) is 11.8 Å². The fraction of sp³-hybridized carbons (Fsp3) is 0.900. The minimum Gasteiger partial charge on any atom is -0.385 e. The quantitative estimate of drug-likeness (QED) is 0.775. The van der Waals surface area contributed by atoms with Crippen molar-refractivity contribution in [3.8, 4) is 0 Å². The average Bonchev–Trinajstić information content (AvgIpc) is 2.27. The van der Waals surface area contributed by atoms with Crippen molar-refractivity contribution in [3.63, 3.8) is 0 Å². The van der Waals surface area contributed by atoms with Gasteiger partial charge in [-0.3, -0.25) is 4.79 Å². The Balaban J connectivity index is 2.14. The van der Waals surface area contributed by atoms with Gasteiger partial charge in [-0.1, -0.05) is 0 Å². The first-order valence-electron chi connectivity index (χ1n) is 5.40. The van der Waals surface area contributed by atoms with E-state index in [0.29, 0.717) is 12.3 Å². The van der Waals surface area contributed by atoms with Gasteiger partial charge >= 0.3 is 0 Å². The van der Waals surface area contributed by atoms with E-state index >= 15 is 0 Å². The number of carbonyl (C=O) groups excluding carboxylic acids is 1. The van der Waals surface area contributed by atoms with Gasteiger partial charge in [0.05, 0.1) is 0 Å². The zero-order valence-corrected chi connectivity index (χ0v) is 9.81. The van der Waals surface area contributed by atoms with E-state index in [-0.39, 0.29) is 12.5 Å². The fourth-order valence-electron chi connectivity index (χ4n) is 1.59. The van der Waals surface area contributed by atoms with Gasteiger partial charge in [0, 0.05) is 13.0 Å². The van der Waals surface area contributed by atoms with Crippen molar-refractivity contribution in [1.29, 1.82) is 0 Å². The van der Waals surface area contributed by atoms with Gasteiger partial charge in [-0.25, -0.2) is 8.78 Å². The molecular weight excluding hydrogens is 236 g/mol. The topological polar surface area (TPSA) is 49.3 Å². The Morgan fingerprint density at radius 3 is 2.62 bits per heavy atom. The summed E-state index contributed by atoms with van der Waals surface area (Å²) in [6.45, 7) is -0.363. The number of amides is 1. The third-order valence-corrected chi connectivity index (χ3v) is 3.66. The molecule has 0 aliphatic carbocycles. The maximum Gasteiger partial charge on any atom is 0.265 e. The van der Waals surface area contributed by atoms with E-state index in [9.17, 15) is 13.6 Å². The third-order valence-electron chi connectivity index (χ3n) is 2.61. The molecule has 1 heterocycles. The zero-order valence-electron chi connectivity index (χ0n) is 8.99. The van der Waals surface area contributed by atoms with Crippen molar-refractivity contribution in [3.05, 3.63) is 0 Å². The number of rotatable bonds is 5. The van der Waals surface area contributed by atoms with Crippen LogP contribution in [0, 0.1) is 5.92 Å². The van der Waals surface area contributed by atoms with Crippen LogP contribution in [0.5, 0.6) is 0 Å². The van der Waals surface area contributed by atoms with Crippen LogP contribution >= 0.6 is 11.8 Å². The van der Waals surface area contributed by atoms with Crippen molar-refractivity contribution in [2.24, 2.45) is 5.92 Å². The Morgan fingerprint density at radius 2 is 2.06 bits per heavy atom. The highest BCUT2D eigenvalue weighted by molar-refractivity contribution is 7.99. The molecule has 6 heteroatoms. The molecule has 1 amide bonds. The molecule has 0 bridgehead atoms. The molecule has 1 aliphatic heterocycles. The molecule has 94 valence electrons. The summed E-state index contributed by atoms with van der Waals surface area (Å²) in [6.07, 6.45) is -2.15. The summed E-state index contributed by atoms with van der Waals surface area (Å²) in [4.78, 5) is 11.4. The van der Waals surface area contributed by atoms with Crippen molar-refractivity contribution < 1.29 is 18.7 Å². The van der Waals surface area contributed by atoms with Crippen molar-refractivity contribution >= 4 is 17.7 Å². The first-order chi connectivity index (χ1) is 7.59. The Kier molecular flexibility index (Phi) is 6.05. The van der Waals surface area contributed by atoms with Crippen molar-refractivity contribution in [2.75, 3.05) is 18.1 Å². The minimum atomic E-state index is -2.80. The zero-order chi connectivity index (χ0) is 12.0. The van der Waals surface area contributed by atoms with E-state index < -0.39 is 12.5 Å². The number of thioether (sulfide) groups is 1. The summed E-state index contributed by atoms with van der Waals surface area (Å²) in [6, 6.07) is 0. The molecular formula is C10H17F2NO2S. The van der Waals surface area contributed by atoms with E-state index in [4.69, 9.17) is 5.11 Å². The first-order valence-corrected chi connectivity index (χ1v) is 6.55. The summed E-state index contributed by atoms with van der Waals surface area (Å²) >= 11 is 1.88. The lowest BCUT2D eigenvalue weighted by Gasteiger charge is -2.21. The molecule has 0 saturated carbocycles. The molecule has 1 aliphatic rings. The molecule has 0 aromatic rings. The molecule has 2 N–H and O–H groups in total. The second-order valence-corrected chi connectivity index (χ2v) is 5.19. The molecule has 1 rings (SSSR count). The highest BCUT2D eigenvalue weighted by Gasteiger charge is 2.20. The van der Waals surface area contributed by atoms with E-state index in [2.05, 4.69) is 5.32 Å². The molecule has 1 fully saturated rings. The van der Waals surface area contributed by atoms with Crippen LogP contribution in [0.1, 0.15) is 19.3 Å². The third kappa shape index (κ3) is 5.12. The van der Waals surface area contributed by atoms with Gasteiger partial charge in [0.15, 0.2) is 0 Å². The van der Waals surface area contributed by atoms with Crippen molar-refractivity contribution in [1.82, 2.24) is 5.32 Å². The van der Waals surface area contributed by atoms with E-state index in [0.717, 1.165) is 24.3 Å². The van der Waals surface area contributed by atoms with Crippen LogP contribution < -0.4 is 5.32 Å². The second-order valence-electron chi connectivity index (χ2n) is 3.97. The molecule has 0 spiro atoms. The van der Waals surface area contributed by atoms with Crippen LogP contribution in [0.25, 0.3) is 0 Å². The average molecular weight is 253 g/mol. The molecule has 1 saturated heterocycles. The van der Waals surface area contributed by atoms with Crippen LogP contribution in [0.15, 0.2) is 0 Å². The fourth-order valence-corrected chi connectivity index (χ4v) is 2.80. The monoisotopic (exact) mass is 253 g/mol. The Hall–Kier alpha value is -0.360.